The second-order valence-corrected chi connectivity index (χ2v) is 8.44. The van der Waals surface area contributed by atoms with Gasteiger partial charge >= 0.3 is 5.97 Å². The third-order valence-electron chi connectivity index (χ3n) is 3.82. The Hall–Kier alpha value is -2.42. The number of sulfonamides is 1. The van der Waals surface area contributed by atoms with Gasteiger partial charge in [0.1, 0.15) is 6.54 Å². The fourth-order valence-electron chi connectivity index (χ4n) is 2.29. The van der Waals surface area contributed by atoms with Gasteiger partial charge in [-0.3, -0.25) is 9.59 Å². The molecule has 0 saturated heterocycles. The molecule has 0 bridgehead atoms. The van der Waals surface area contributed by atoms with E-state index in [2.05, 4.69) is 5.32 Å². The van der Waals surface area contributed by atoms with Gasteiger partial charge in [0.15, 0.2) is 6.61 Å². The maximum absolute atomic E-state index is 12.4. The third kappa shape index (κ3) is 6.63. The van der Waals surface area contributed by atoms with Crippen LogP contribution in [-0.4, -0.2) is 51.3 Å². The average Bonchev–Trinajstić information content (AvgIpc) is 2.67. The van der Waals surface area contributed by atoms with Crippen LogP contribution in [0.2, 0.25) is 5.02 Å². The summed E-state index contributed by atoms with van der Waals surface area (Å²) in [6.07, 6.45) is 0.655. The van der Waals surface area contributed by atoms with Gasteiger partial charge in [-0.25, -0.2) is 8.42 Å². The second-order valence-electron chi connectivity index (χ2n) is 5.96. The summed E-state index contributed by atoms with van der Waals surface area (Å²) < 4.78 is 30.5. The van der Waals surface area contributed by atoms with Gasteiger partial charge in [-0.05, 0) is 36.2 Å². The van der Waals surface area contributed by atoms with E-state index >= 15 is 0 Å². The van der Waals surface area contributed by atoms with E-state index in [4.69, 9.17) is 16.3 Å². The van der Waals surface area contributed by atoms with E-state index in [9.17, 15) is 18.0 Å². The normalized spacial score (nSPS) is 11.2. The standard InChI is InChI=1S/C19H21ClN2O5S/c1-22(28(25,26)17-9-7-16(20)8-10-17)13-19(24)27-14-18(23)21-12-11-15-5-3-2-4-6-15/h2-10H,11-14H2,1H3,(H,21,23). The number of amides is 1. The third-order valence-corrected chi connectivity index (χ3v) is 5.89. The molecule has 0 fully saturated rings. The Kier molecular flexibility index (Phi) is 7.98. The Morgan fingerprint density at radius 2 is 1.71 bits per heavy atom. The summed E-state index contributed by atoms with van der Waals surface area (Å²) in [5.41, 5.74) is 1.08. The first kappa shape index (κ1) is 21.9. The van der Waals surface area contributed by atoms with Crippen molar-refractivity contribution in [2.45, 2.75) is 11.3 Å². The molecule has 2 aromatic rings. The van der Waals surface area contributed by atoms with Crippen molar-refractivity contribution in [3.05, 3.63) is 65.2 Å². The molecule has 0 radical (unpaired) electrons. The van der Waals surface area contributed by atoms with Crippen LogP contribution in [0.5, 0.6) is 0 Å². The lowest BCUT2D eigenvalue weighted by molar-refractivity contribution is -0.148. The number of carbonyl (C=O) groups is 2. The number of esters is 1. The molecule has 150 valence electrons. The number of hydrogen-bond acceptors (Lipinski definition) is 5. The van der Waals surface area contributed by atoms with Crippen molar-refractivity contribution in [2.24, 2.45) is 0 Å². The molecular weight excluding hydrogens is 404 g/mol. The van der Waals surface area contributed by atoms with Gasteiger partial charge in [0.2, 0.25) is 10.0 Å². The monoisotopic (exact) mass is 424 g/mol. The molecule has 0 aliphatic heterocycles. The van der Waals surface area contributed by atoms with E-state index in [0.717, 1.165) is 9.87 Å². The SMILES string of the molecule is CN(CC(=O)OCC(=O)NCCc1ccccc1)S(=O)(=O)c1ccc(Cl)cc1. The average molecular weight is 425 g/mol. The van der Waals surface area contributed by atoms with Crippen molar-refractivity contribution >= 4 is 33.5 Å². The van der Waals surface area contributed by atoms with Crippen molar-refractivity contribution in [2.75, 3.05) is 26.7 Å². The van der Waals surface area contributed by atoms with E-state index < -0.39 is 35.1 Å². The Morgan fingerprint density at radius 3 is 2.36 bits per heavy atom. The van der Waals surface area contributed by atoms with Crippen LogP contribution in [-0.2, 0) is 30.8 Å². The van der Waals surface area contributed by atoms with Crippen LogP contribution >= 0.6 is 11.6 Å². The highest BCUT2D eigenvalue weighted by Gasteiger charge is 2.23. The van der Waals surface area contributed by atoms with Gasteiger partial charge in [-0.1, -0.05) is 41.9 Å². The summed E-state index contributed by atoms with van der Waals surface area (Å²) in [5.74, 6) is -1.27. The molecule has 2 rings (SSSR count). The van der Waals surface area contributed by atoms with E-state index in [1.165, 1.54) is 31.3 Å². The first-order valence-electron chi connectivity index (χ1n) is 8.47. The molecule has 0 atom stereocenters. The molecular formula is C19H21ClN2O5S. The van der Waals surface area contributed by atoms with Crippen LogP contribution in [0, 0.1) is 0 Å². The zero-order chi connectivity index (χ0) is 20.6. The van der Waals surface area contributed by atoms with Crippen LogP contribution < -0.4 is 5.32 Å². The highest BCUT2D eigenvalue weighted by Crippen LogP contribution is 2.17. The van der Waals surface area contributed by atoms with Crippen molar-refractivity contribution in [1.82, 2.24) is 9.62 Å². The summed E-state index contributed by atoms with van der Waals surface area (Å²) in [7, 11) is -2.61. The number of likely N-dealkylation sites (N-methyl/N-ethyl adjacent to an activating group) is 1. The zero-order valence-corrected chi connectivity index (χ0v) is 16.9. The summed E-state index contributed by atoms with van der Waals surface area (Å²) in [6.45, 7) is -0.573. The number of nitrogens with one attached hydrogen (secondary N) is 1. The van der Waals surface area contributed by atoms with Crippen molar-refractivity contribution in [3.63, 3.8) is 0 Å². The Balaban J connectivity index is 1.75. The highest BCUT2D eigenvalue weighted by atomic mass is 35.5. The molecule has 9 heteroatoms. The molecule has 1 amide bonds. The molecule has 0 aliphatic rings. The number of rotatable bonds is 9. The first-order valence-corrected chi connectivity index (χ1v) is 10.3. The molecule has 2 aromatic carbocycles. The molecule has 28 heavy (non-hydrogen) atoms. The smallest absolute Gasteiger partial charge is 0.321 e. The van der Waals surface area contributed by atoms with Gasteiger partial charge in [-0.15, -0.1) is 0 Å². The van der Waals surface area contributed by atoms with E-state index in [0.29, 0.717) is 18.0 Å². The number of nitrogens with zero attached hydrogens (tertiary/aromatic N) is 1. The minimum absolute atomic E-state index is 0.00542. The van der Waals surface area contributed by atoms with Crippen molar-refractivity contribution in [3.8, 4) is 0 Å². The fraction of sp³-hybridized carbons (Fsp3) is 0.263. The van der Waals surface area contributed by atoms with Crippen LogP contribution in [0.15, 0.2) is 59.5 Å². The maximum atomic E-state index is 12.4. The number of carbonyl (C=O) groups excluding carboxylic acids is 2. The minimum Gasteiger partial charge on any atom is -0.455 e. The van der Waals surface area contributed by atoms with Gasteiger partial charge < -0.3 is 10.1 Å². The molecule has 0 spiro atoms. The van der Waals surface area contributed by atoms with E-state index in [1.54, 1.807) is 0 Å². The quantitative estimate of drug-likeness (QED) is 0.620. The summed E-state index contributed by atoms with van der Waals surface area (Å²) >= 11 is 5.75. The summed E-state index contributed by atoms with van der Waals surface area (Å²) in [6, 6.07) is 15.2. The summed E-state index contributed by atoms with van der Waals surface area (Å²) in [4.78, 5) is 23.6. The van der Waals surface area contributed by atoms with E-state index in [1.807, 2.05) is 30.3 Å². The van der Waals surface area contributed by atoms with Crippen molar-refractivity contribution in [1.29, 1.82) is 0 Å². The van der Waals surface area contributed by atoms with Gasteiger partial charge in [-0.2, -0.15) is 4.31 Å². The summed E-state index contributed by atoms with van der Waals surface area (Å²) in [5, 5.41) is 3.04. The number of hydrogen-bond donors (Lipinski definition) is 1. The lowest BCUT2D eigenvalue weighted by Gasteiger charge is -2.16. The largest absolute Gasteiger partial charge is 0.455 e. The molecule has 0 unspecified atom stereocenters. The highest BCUT2D eigenvalue weighted by molar-refractivity contribution is 7.89. The molecule has 7 nitrogen and oxygen atoms in total. The van der Waals surface area contributed by atoms with Crippen LogP contribution in [0.4, 0.5) is 0 Å². The molecule has 0 aliphatic carbocycles. The molecule has 0 saturated carbocycles. The van der Waals surface area contributed by atoms with Crippen LogP contribution in [0.25, 0.3) is 0 Å². The molecule has 0 heterocycles. The number of benzene rings is 2. The second kappa shape index (κ2) is 10.2. The maximum Gasteiger partial charge on any atom is 0.321 e. The predicted molar refractivity (Wildman–Crippen MR) is 105 cm³/mol. The number of ether oxygens (including phenoxy) is 1. The predicted octanol–water partition coefficient (Wildman–Crippen LogP) is 1.86. The lowest BCUT2D eigenvalue weighted by Crippen LogP contribution is -2.35. The van der Waals surface area contributed by atoms with Gasteiger partial charge in [0, 0.05) is 18.6 Å². The van der Waals surface area contributed by atoms with Crippen LogP contribution in [0.3, 0.4) is 0 Å². The number of halogens is 1. The topological polar surface area (TPSA) is 92.8 Å². The Labute approximate surface area is 169 Å². The fourth-order valence-corrected chi connectivity index (χ4v) is 3.53. The van der Waals surface area contributed by atoms with E-state index in [-0.39, 0.29) is 4.90 Å². The van der Waals surface area contributed by atoms with Gasteiger partial charge in [0.05, 0.1) is 4.90 Å². The van der Waals surface area contributed by atoms with Crippen LogP contribution in [0.1, 0.15) is 5.56 Å². The Morgan fingerprint density at radius 1 is 1.07 bits per heavy atom. The lowest BCUT2D eigenvalue weighted by atomic mass is 10.1. The first-order chi connectivity index (χ1) is 13.3. The molecule has 0 aromatic heterocycles. The Bertz CT molecular complexity index is 902. The zero-order valence-electron chi connectivity index (χ0n) is 15.3. The van der Waals surface area contributed by atoms with Gasteiger partial charge in [0.25, 0.3) is 5.91 Å². The van der Waals surface area contributed by atoms with Crippen molar-refractivity contribution < 1.29 is 22.7 Å². The minimum atomic E-state index is -3.86. The molecule has 1 N–H and O–H groups in total.